The van der Waals surface area contributed by atoms with E-state index >= 15 is 0 Å². The molecule has 0 nitrogen and oxygen atoms in total. The molecule has 0 spiro atoms. The minimum absolute atomic E-state index is 0.970. The Morgan fingerprint density at radius 3 is 1.79 bits per heavy atom. The fraction of sp³-hybridized carbons (Fsp3) is 1.00. The van der Waals surface area contributed by atoms with Crippen molar-refractivity contribution in [2.24, 2.45) is 11.8 Å². The minimum Gasteiger partial charge on any atom is -0.122 e. The van der Waals surface area contributed by atoms with Crippen LogP contribution in [-0.2, 0) is 0 Å². The van der Waals surface area contributed by atoms with E-state index < -0.39 is 0 Å². The average molecular weight is 357 g/mol. The molecule has 0 bridgehead atoms. The summed E-state index contributed by atoms with van der Waals surface area (Å²) in [7, 11) is 1.23. The van der Waals surface area contributed by atoms with Gasteiger partial charge in [-0.15, -0.1) is 8.58 Å². The quantitative estimate of drug-likeness (QED) is 0.160. The van der Waals surface area contributed by atoms with E-state index in [1.807, 2.05) is 0 Å². The van der Waals surface area contributed by atoms with Crippen molar-refractivity contribution in [1.29, 1.82) is 0 Å². The van der Waals surface area contributed by atoms with Crippen LogP contribution in [0.25, 0.3) is 0 Å². The summed E-state index contributed by atoms with van der Waals surface area (Å²) in [6.07, 6.45) is 24.8. The summed E-state index contributed by atoms with van der Waals surface area (Å²) in [5.41, 5.74) is 0. The number of hydrogen-bond donors (Lipinski definition) is 0. The molecule has 1 heteroatoms. The fourth-order valence-corrected chi connectivity index (χ4v) is 5.35. The van der Waals surface area contributed by atoms with Gasteiger partial charge in [0.2, 0.25) is 0 Å². The van der Waals surface area contributed by atoms with Gasteiger partial charge in [-0.05, 0) is 30.6 Å². The van der Waals surface area contributed by atoms with Crippen LogP contribution < -0.4 is 0 Å². The lowest BCUT2D eigenvalue weighted by atomic mass is 9.99. The monoisotopic (exact) mass is 356 g/mol. The maximum atomic E-state index is 2.49. The van der Waals surface area contributed by atoms with E-state index in [0.29, 0.717) is 0 Å². The third-order valence-corrected chi connectivity index (χ3v) is 7.10. The molecule has 0 aromatic carbocycles. The highest BCUT2D eigenvalue weighted by Gasteiger charge is 2.07. The standard InChI is InChI=1S/C23H49P/c1-5-8-10-11-12-13-14-15-16-17-22(4)19-20-24-21-23(7-3)18-9-6-2/h22-24H,5-21H2,1-4H3. The highest BCUT2D eigenvalue weighted by atomic mass is 31.1. The Balaban J connectivity index is 3.33. The summed E-state index contributed by atoms with van der Waals surface area (Å²) in [6, 6.07) is 0. The summed E-state index contributed by atoms with van der Waals surface area (Å²) < 4.78 is 0. The lowest BCUT2D eigenvalue weighted by molar-refractivity contribution is 0.470. The molecule has 0 saturated heterocycles. The van der Waals surface area contributed by atoms with Crippen molar-refractivity contribution in [3.05, 3.63) is 0 Å². The Labute approximate surface area is 157 Å². The van der Waals surface area contributed by atoms with E-state index in [1.165, 1.54) is 117 Å². The van der Waals surface area contributed by atoms with Crippen LogP contribution in [0.15, 0.2) is 0 Å². The lowest BCUT2D eigenvalue weighted by Crippen LogP contribution is -2.03. The number of rotatable bonds is 19. The molecule has 0 saturated carbocycles. The van der Waals surface area contributed by atoms with E-state index in [-0.39, 0.29) is 0 Å². The van der Waals surface area contributed by atoms with Crippen LogP contribution in [0.4, 0.5) is 0 Å². The summed E-state index contributed by atoms with van der Waals surface area (Å²) >= 11 is 0. The Morgan fingerprint density at radius 2 is 1.21 bits per heavy atom. The molecule has 0 aliphatic heterocycles. The van der Waals surface area contributed by atoms with Crippen molar-refractivity contribution >= 4 is 8.58 Å². The van der Waals surface area contributed by atoms with Gasteiger partial charge < -0.3 is 0 Å². The zero-order valence-electron chi connectivity index (χ0n) is 17.7. The molecule has 0 radical (unpaired) electrons. The first kappa shape index (κ1) is 24.4. The van der Waals surface area contributed by atoms with Crippen LogP contribution in [0.1, 0.15) is 124 Å². The normalized spacial score (nSPS) is 14.5. The molecule has 3 atom stereocenters. The fourth-order valence-electron chi connectivity index (χ4n) is 3.55. The van der Waals surface area contributed by atoms with Gasteiger partial charge in [0.1, 0.15) is 0 Å². The van der Waals surface area contributed by atoms with Gasteiger partial charge in [-0.25, -0.2) is 0 Å². The smallest absolute Gasteiger partial charge is 0.0325 e. The lowest BCUT2D eigenvalue weighted by Gasteiger charge is -2.15. The van der Waals surface area contributed by atoms with Crippen LogP contribution in [-0.4, -0.2) is 12.3 Å². The summed E-state index contributed by atoms with van der Waals surface area (Å²) in [5, 5.41) is 0. The van der Waals surface area contributed by atoms with Crippen LogP contribution in [0, 0.1) is 11.8 Å². The van der Waals surface area contributed by atoms with Crippen LogP contribution in [0.5, 0.6) is 0 Å². The summed E-state index contributed by atoms with van der Waals surface area (Å²) in [6.45, 7) is 9.50. The highest BCUT2D eigenvalue weighted by molar-refractivity contribution is 7.37. The third-order valence-electron chi connectivity index (χ3n) is 5.59. The van der Waals surface area contributed by atoms with Crippen molar-refractivity contribution < 1.29 is 0 Å². The molecule has 0 fully saturated rings. The topological polar surface area (TPSA) is 0 Å². The molecule has 0 amide bonds. The molecule has 0 N–H and O–H groups in total. The van der Waals surface area contributed by atoms with Gasteiger partial charge >= 0.3 is 0 Å². The first-order valence-electron chi connectivity index (χ1n) is 11.4. The first-order valence-corrected chi connectivity index (χ1v) is 12.9. The molecule has 146 valence electrons. The van der Waals surface area contributed by atoms with Gasteiger partial charge in [-0.1, -0.05) is 118 Å². The molecule has 0 aliphatic rings. The van der Waals surface area contributed by atoms with E-state index in [4.69, 9.17) is 0 Å². The Bertz CT molecular complexity index is 226. The largest absolute Gasteiger partial charge is 0.122 e. The first-order chi connectivity index (χ1) is 11.7. The van der Waals surface area contributed by atoms with Crippen LogP contribution in [0.2, 0.25) is 0 Å². The molecule has 0 aromatic rings. The van der Waals surface area contributed by atoms with Gasteiger partial charge in [-0.3, -0.25) is 0 Å². The molecule has 0 aliphatic carbocycles. The molecular formula is C23H49P. The molecule has 0 aromatic heterocycles. The Hall–Kier alpha value is 0.430. The number of unbranched alkanes of at least 4 members (excludes halogenated alkanes) is 9. The van der Waals surface area contributed by atoms with Crippen LogP contribution in [0.3, 0.4) is 0 Å². The molecule has 24 heavy (non-hydrogen) atoms. The van der Waals surface area contributed by atoms with Crippen molar-refractivity contribution in [3.8, 4) is 0 Å². The van der Waals surface area contributed by atoms with Crippen LogP contribution >= 0.6 is 8.58 Å². The van der Waals surface area contributed by atoms with E-state index in [2.05, 4.69) is 27.7 Å². The molecule has 0 heterocycles. The van der Waals surface area contributed by atoms with Gasteiger partial charge in [0.15, 0.2) is 0 Å². The van der Waals surface area contributed by atoms with E-state index in [1.54, 1.807) is 0 Å². The van der Waals surface area contributed by atoms with Gasteiger partial charge in [-0.2, -0.15) is 0 Å². The van der Waals surface area contributed by atoms with Crippen molar-refractivity contribution in [3.63, 3.8) is 0 Å². The van der Waals surface area contributed by atoms with E-state index in [0.717, 1.165) is 11.8 Å². The Kier molecular flexibility index (Phi) is 20.1. The second-order valence-electron chi connectivity index (χ2n) is 8.13. The summed E-state index contributed by atoms with van der Waals surface area (Å²) in [5.74, 6) is 1.99. The second kappa shape index (κ2) is 19.8. The average Bonchev–Trinajstić information content (AvgIpc) is 2.59. The van der Waals surface area contributed by atoms with Gasteiger partial charge in [0, 0.05) is 0 Å². The predicted molar refractivity (Wildman–Crippen MR) is 117 cm³/mol. The second-order valence-corrected chi connectivity index (χ2v) is 9.54. The van der Waals surface area contributed by atoms with Gasteiger partial charge in [0.25, 0.3) is 0 Å². The predicted octanol–water partition coefficient (Wildman–Crippen LogP) is 8.83. The molecular weight excluding hydrogens is 307 g/mol. The van der Waals surface area contributed by atoms with Gasteiger partial charge in [0.05, 0.1) is 0 Å². The maximum Gasteiger partial charge on any atom is -0.0325 e. The van der Waals surface area contributed by atoms with Crippen molar-refractivity contribution in [1.82, 2.24) is 0 Å². The maximum absolute atomic E-state index is 2.49. The molecule has 0 rings (SSSR count). The molecule has 3 unspecified atom stereocenters. The van der Waals surface area contributed by atoms with Crippen molar-refractivity contribution in [2.75, 3.05) is 12.3 Å². The van der Waals surface area contributed by atoms with E-state index in [9.17, 15) is 0 Å². The SMILES string of the molecule is CCCCCCCCCCCC(C)CCPCC(CC)CCCC. The highest BCUT2D eigenvalue weighted by Crippen LogP contribution is 2.25. The third kappa shape index (κ3) is 17.3. The minimum atomic E-state index is 0.970. The number of hydrogen-bond acceptors (Lipinski definition) is 0. The van der Waals surface area contributed by atoms with Crippen molar-refractivity contribution in [2.45, 2.75) is 124 Å². The zero-order valence-corrected chi connectivity index (χ0v) is 18.7. The Morgan fingerprint density at radius 1 is 0.625 bits per heavy atom. The zero-order chi connectivity index (χ0) is 17.9. The summed E-state index contributed by atoms with van der Waals surface area (Å²) in [4.78, 5) is 0.